The highest BCUT2D eigenvalue weighted by molar-refractivity contribution is 5.99. The summed E-state index contributed by atoms with van der Waals surface area (Å²) in [5.41, 5.74) is -2.73. The number of aliphatic carboxylic acids is 1. The van der Waals surface area contributed by atoms with Crippen LogP contribution in [0.4, 0.5) is 0 Å². The molecule has 0 saturated heterocycles. The molecule has 6 nitrogen and oxygen atoms in total. The number of nitrogens with one attached hydrogen (secondary N) is 1. The standard InChI is InChI=1S/C10H19NO5/c1-9(2,3)16-8(15)10(6-12,5-11-4)7(13)14/h11-12H,5-6H2,1-4H3,(H,13,14)/t10-/m1/s1. The fraction of sp³-hybridized carbons (Fsp3) is 0.800. The number of aliphatic hydroxyl groups is 1. The average Bonchev–Trinajstić information content (AvgIpc) is 2.10. The highest BCUT2D eigenvalue weighted by atomic mass is 16.6. The van der Waals surface area contributed by atoms with Gasteiger partial charge in [0.15, 0.2) is 5.41 Å². The van der Waals surface area contributed by atoms with E-state index in [0.717, 1.165) is 0 Å². The first-order valence-electron chi connectivity index (χ1n) is 4.92. The van der Waals surface area contributed by atoms with Crippen molar-refractivity contribution in [3.63, 3.8) is 0 Å². The van der Waals surface area contributed by atoms with E-state index in [-0.39, 0.29) is 6.54 Å². The number of ether oxygens (including phenoxy) is 1. The minimum absolute atomic E-state index is 0.187. The summed E-state index contributed by atoms with van der Waals surface area (Å²) in [6.07, 6.45) is 0. The Hall–Kier alpha value is -1.14. The second-order valence-corrected chi connectivity index (χ2v) is 4.58. The largest absolute Gasteiger partial charge is 0.480 e. The second-order valence-electron chi connectivity index (χ2n) is 4.58. The van der Waals surface area contributed by atoms with Crippen LogP contribution in [0.5, 0.6) is 0 Å². The van der Waals surface area contributed by atoms with Crippen LogP contribution in [0.1, 0.15) is 20.8 Å². The molecule has 3 N–H and O–H groups in total. The SMILES string of the molecule is CNC[C@@](CO)(C(=O)O)C(=O)OC(C)(C)C. The Bertz CT molecular complexity index is 271. The van der Waals surface area contributed by atoms with E-state index < -0.39 is 29.6 Å². The maximum Gasteiger partial charge on any atom is 0.327 e. The Morgan fingerprint density at radius 3 is 2.06 bits per heavy atom. The lowest BCUT2D eigenvalue weighted by Crippen LogP contribution is -2.51. The summed E-state index contributed by atoms with van der Waals surface area (Å²) in [4.78, 5) is 22.8. The molecule has 6 heteroatoms. The van der Waals surface area contributed by atoms with Crippen LogP contribution in [0.15, 0.2) is 0 Å². The molecule has 0 saturated carbocycles. The molecule has 0 aliphatic heterocycles. The first kappa shape index (κ1) is 14.9. The zero-order chi connectivity index (χ0) is 13.0. The number of carboxylic acid groups (broad SMARTS) is 1. The van der Waals surface area contributed by atoms with Crippen LogP contribution >= 0.6 is 0 Å². The molecule has 0 amide bonds. The van der Waals surface area contributed by atoms with Crippen molar-refractivity contribution in [1.82, 2.24) is 5.32 Å². The quantitative estimate of drug-likeness (QED) is 0.442. The Kier molecular flexibility index (Phi) is 4.89. The fourth-order valence-corrected chi connectivity index (χ4v) is 1.10. The molecule has 16 heavy (non-hydrogen) atoms. The zero-order valence-electron chi connectivity index (χ0n) is 10.0. The Balaban J connectivity index is 5.03. The van der Waals surface area contributed by atoms with Gasteiger partial charge < -0.3 is 20.3 Å². The summed E-state index contributed by atoms with van der Waals surface area (Å²) in [6, 6.07) is 0. The third kappa shape index (κ3) is 3.46. The molecule has 0 aromatic heterocycles. The molecule has 0 bridgehead atoms. The van der Waals surface area contributed by atoms with Gasteiger partial charge in [-0.25, -0.2) is 0 Å². The molecule has 0 aromatic carbocycles. The lowest BCUT2D eigenvalue weighted by atomic mass is 9.89. The van der Waals surface area contributed by atoms with Crippen molar-refractivity contribution < 1.29 is 24.5 Å². The lowest BCUT2D eigenvalue weighted by molar-refractivity contribution is -0.179. The summed E-state index contributed by atoms with van der Waals surface area (Å²) < 4.78 is 4.99. The van der Waals surface area contributed by atoms with Crippen LogP contribution in [0.3, 0.4) is 0 Å². The van der Waals surface area contributed by atoms with Gasteiger partial charge >= 0.3 is 11.9 Å². The summed E-state index contributed by atoms with van der Waals surface area (Å²) in [6.45, 7) is 3.91. The molecular formula is C10H19NO5. The molecule has 0 radical (unpaired) electrons. The summed E-state index contributed by atoms with van der Waals surface area (Å²) in [5, 5.41) is 20.7. The van der Waals surface area contributed by atoms with Gasteiger partial charge in [-0.05, 0) is 27.8 Å². The van der Waals surface area contributed by atoms with Crippen molar-refractivity contribution in [1.29, 1.82) is 0 Å². The van der Waals surface area contributed by atoms with Crippen molar-refractivity contribution in [2.45, 2.75) is 26.4 Å². The van der Waals surface area contributed by atoms with Gasteiger partial charge in [0, 0.05) is 6.54 Å². The van der Waals surface area contributed by atoms with Crippen molar-refractivity contribution >= 4 is 11.9 Å². The molecule has 0 aromatic rings. The monoisotopic (exact) mass is 233 g/mol. The molecular weight excluding hydrogens is 214 g/mol. The van der Waals surface area contributed by atoms with Crippen LogP contribution < -0.4 is 5.32 Å². The summed E-state index contributed by atoms with van der Waals surface area (Å²) >= 11 is 0. The first-order chi connectivity index (χ1) is 7.19. The molecule has 0 rings (SSSR count). The lowest BCUT2D eigenvalue weighted by Gasteiger charge is -2.29. The highest BCUT2D eigenvalue weighted by Crippen LogP contribution is 2.22. The number of esters is 1. The number of aliphatic hydroxyl groups excluding tert-OH is 1. The number of rotatable bonds is 5. The maximum absolute atomic E-state index is 11.7. The Labute approximate surface area is 94.6 Å². The van der Waals surface area contributed by atoms with Gasteiger partial charge in [-0.1, -0.05) is 0 Å². The van der Waals surface area contributed by atoms with Gasteiger partial charge in [0.05, 0.1) is 6.61 Å². The summed E-state index contributed by atoms with van der Waals surface area (Å²) in [7, 11) is 1.50. The Morgan fingerprint density at radius 1 is 1.31 bits per heavy atom. The third-order valence-electron chi connectivity index (χ3n) is 1.95. The van der Waals surface area contributed by atoms with E-state index >= 15 is 0 Å². The van der Waals surface area contributed by atoms with Gasteiger partial charge in [-0.2, -0.15) is 0 Å². The molecule has 0 fully saturated rings. The van der Waals surface area contributed by atoms with Gasteiger partial charge in [0.1, 0.15) is 5.60 Å². The third-order valence-corrected chi connectivity index (χ3v) is 1.95. The van der Waals surface area contributed by atoms with Crippen LogP contribution in [0, 0.1) is 5.41 Å². The minimum Gasteiger partial charge on any atom is -0.480 e. The normalized spacial score (nSPS) is 15.3. The van der Waals surface area contributed by atoms with E-state index in [9.17, 15) is 9.59 Å². The van der Waals surface area contributed by atoms with Crippen LogP contribution in [-0.4, -0.2) is 48.0 Å². The van der Waals surface area contributed by atoms with E-state index in [4.69, 9.17) is 14.9 Å². The van der Waals surface area contributed by atoms with Gasteiger partial charge in [-0.3, -0.25) is 9.59 Å². The van der Waals surface area contributed by atoms with Crippen molar-refractivity contribution in [3.8, 4) is 0 Å². The van der Waals surface area contributed by atoms with Gasteiger partial charge in [0.25, 0.3) is 0 Å². The van der Waals surface area contributed by atoms with E-state index in [1.54, 1.807) is 20.8 Å². The molecule has 0 heterocycles. The van der Waals surface area contributed by atoms with Gasteiger partial charge in [-0.15, -0.1) is 0 Å². The zero-order valence-corrected chi connectivity index (χ0v) is 10.0. The number of carboxylic acids is 1. The van der Waals surface area contributed by atoms with Crippen molar-refractivity contribution in [2.24, 2.45) is 5.41 Å². The van der Waals surface area contributed by atoms with Crippen LogP contribution in [-0.2, 0) is 14.3 Å². The smallest absolute Gasteiger partial charge is 0.327 e. The number of carbonyl (C=O) groups is 2. The molecule has 0 unspecified atom stereocenters. The second kappa shape index (κ2) is 5.27. The topological polar surface area (TPSA) is 95.9 Å². The molecule has 1 atom stereocenters. The fourth-order valence-electron chi connectivity index (χ4n) is 1.10. The summed E-state index contributed by atoms with van der Waals surface area (Å²) in [5.74, 6) is -2.34. The van der Waals surface area contributed by atoms with E-state index in [0.29, 0.717) is 0 Å². The van der Waals surface area contributed by atoms with Crippen molar-refractivity contribution in [3.05, 3.63) is 0 Å². The number of hydrogen-bond acceptors (Lipinski definition) is 5. The highest BCUT2D eigenvalue weighted by Gasteiger charge is 2.48. The predicted molar refractivity (Wildman–Crippen MR) is 56.9 cm³/mol. The average molecular weight is 233 g/mol. The minimum atomic E-state index is -1.94. The van der Waals surface area contributed by atoms with E-state index in [2.05, 4.69) is 5.32 Å². The molecule has 0 spiro atoms. The van der Waals surface area contributed by atoms with Crippen LogP contribution in [0.2, 0.25) is 0 Å². The maximum atomic E-state index is 11.7. The van der Waals surface area contributed by atoms with E-state index in [1.807, 2.05) is 0 Å². The molecule has 0 aliphatic rings. The first-order valence-corrected chi connectivity index (χ1v) is 4.92. The molecule has 0 aliphatic carbocycles. The predicted octanol–water partition coefficient (Wildman–Crippen LogP) is -0.389. The van der Waals surface area contributed by atoms with Gasteiger partial charge in [0.2, 0.25) is 0 Å². The van der Waals surface area contributed by atoms with Crippen molar-refractivity contribution in [2.75, 3.05) is 20.2 Å². The number of hydrogen-bond donors (Lipinski definition) is 3. The Morgan fingerprint density at radius 2 is 1.81 bits per heavy atom. The van der Waals surface area contributed by atoms with E-state index in [1.165, 1.54) is 7.05 Å². The van der Waals surface area contributed by atoms with Crippen LogP contribution in [0.25, 0.3) is 0 Å². The molecule has 94 valence electrons. The number of carbonyl (C=O) groups excluding carboxylic acids is 1.